The van der Waals surface area contributed by atoms with Crippen LogP contribution in [-0.2, 0) is 0 Å². The van der Waals surface area contributed by atoms with Crippen LogP contribution in [0.1, 0.15) is 5.56 Å². The molecule has 0 aliphatic rings. The molecule has 0 radical (unpaired) electrons. The molecule has 3 heteroatoms. The SMILES string of the molecule is Cc1ccc2[nH]c3ccc(-c4cccc(-c5ccc6[nH]c7ccc(-n8c9ccccc9c9ccccc98)cc7c6c5)c4)cc3c2c1. The van der Waals surface area contributed by atoms with E-state index in [0.717, 1.165) is 11.0 Å². The summed E-state index contributed by atoms with van der Waals surface area (Å²) < 4.78 is 2.39. The van der Waals surface area contributed by atoms with Crippen LogP contribution in [0.4, 0.5) is 0 Å². The minimum atomic E-state index is 1.15. The third-order valence-corrected chi connectivity index (χ3v) is 9.70. The summed E-state index contributed by atoms with van der Waals surface area (Å²) in [5.74, 6) is 0. The molecular weight excluding hydrogens is 558 g/mol. The van der Waals surface area contributed by atoms with Gasteiger partial charge in [0.15, 0.2) is 0 Å². The van der Waals surface area contributed by atoms with E-state index in [1.165, 1.54) is 87.9 Å². The fraction of sp³-hybridized carbons (Fsp3) is 0.0233. The molecule has 10 rings (SSSR count). The van der Waals surface area contributed by atoms with E-state index in [2.05, 4.69) is 167 Å². The number of hydrogen-bond acceptors (Lipinski definition) is 0. The molecule has 0 amide bonds. The van der Waals surface area contributed by atoms with Crippen LogP contribution >= 0.6 is 0 Å². The summed E-state index contributed by atoms with van der Waals surface area (Å²) in [5.41, 5.74) is 14.4. The Morgan fingerprint density at radius 1 is 0.370 bits per heavy atom. The molecule has 2 N–H and O–H groups in total. The van der Waals surface area contributed by atoms with Gasteiger partial charge in [-0.25, -0.2) is 0 Å². The maximum Gasteiger partial charge on any atom is 0.0541 e. The molecule has 0 fully saturated rings. The highest BCUT2D eigenvalue weighted by atomic mass is 15.0. The molecule has 10 aromatic rings. The molecule has 216 valence electrons. The van der Waals surface area contributed by atoms with Crippen LogP contribution in [0.2, 0.25) is 0 Å². The van der Waals surface area contributed by atoms with Gasteiger partial charge in [0, 0.05) is 60.1 Å². The Balaban J connectivity index is 1.10. The standard InChI is InChI=1S/C43H29N3/c1-26-13-17-38-34(21-26)35-23-29(14-18-39(35)44-38)27-7-6-8-28(22-27)30-15-19-40-36(24-30)37-25-31(16-20-41(37)45-40)46-42-11-4-2-9-32(42)33-10-3-5-12-43(33)46/h2-25,44-45H,1H3. The van der Waals surface area contributed by atoms with Crippen LogP contribution in [0, 0.1) is 6.92 Å². The van der Waals surface area contributed by atoms with Crippen LogP contribution in [0.5, 0.6) is 0 Å². The van der Waals surface area contributed by atoms with E-state index in [9.17, 15) is 0 Å². The third-order valence-electron chi connectivity index (χ3n) is 9.70. The van der Waals surface area contributed by atoms with Crippen LogP contribution in [0.25, 0.3) is 93.4 Å². The Labute approximate surface area is 265 Å². The van der Waals surface area contributed by atoms with E-state index in [-0.39, 0.29) is 0 Å². The molecule has 0 aliphatic heterocycles. The van der Waals surface area contributed by atoms with Gasteiger partial charge in [0.2, 0.25) is 0 Å². The Bertz CT molecular complexity index is 2770. The van der Waals surface area contributed by atoms with Crippen molar-refractivity contribution in [3.8, 4) is 27.9 Å². The summed E-state index contributed by atoms with van der Waals surface area (Å²) >= 11 is 0. The van der Waals surface area contributed by atoms with Gasteiger partial charge in [-0.15, -0.1) is 0 Å². The molecule has 0 unspecified atom stereocenters. The first-order valence-corrected chi connectivity index (χ1v) is 15.8. The van der Waals surface area contributed by atoms with Gasteiger partial charge in [-0.05, 0) is 102 Å². The zero-order valence-electron chi connectivity index (χ0n) is 25.3. The van der Waals surface area contributed by atoms with Crippen molar-refractivity contribution >= 4 is 65.4 Å². The number of benzene rings is 7. The van der Waals surface area contributed by atoms with E-state index < -0.39 is 0 Å². The average Bonchev–Trinajstić information content (AvgIpc) is 3.76. The number of aromatic amines is 2. The Hall–Kier alpha value is -6.06. The summed E-state index contributed by atoms with van der Waals surface area (Å²) in [6, 6.07) is 53.3. The maximum atomic E-state index is 3.66. The lowest BCUT2D eigenvalue weighted by Gasteiger charge is -2.09. The summed E-state index contributed by atoms with van der Waals surface area (Å²) in [5, 5.41) is 7.55. The molecular formula is C43H29N3. The number of nitrogens with zero attached hydrogens (tertiary/aromatic N) is 1. The van der Waals surface area contributed by atoms with Crippen molar-refractivity contribution in [2.75, 3.05) is 0 Å². The predicted molar refractivity (Wildman–Crippen MR) is 195 cm³/mol. The molecule has 7 aromatic carbocycles. The van der Waals surface area contributed by atoms with Crippen LogP contribution in [0.15, 0.2) is 146 Å². The lowest BCUT2D eigenvalue weighted by Crippen LogP contribution is -1.93. The molecule has 0 atom stereocenters. The van der Waals surface area contributed by atoms with Crippen molar-refractivity contribution in [2.24, 2.45) is 0 Å². The zero-order chi connectivity index (χ0) is 30.4. The molecule has 0 saturated carbocycles. The van der Waals surface area contributed by atoms with E-state index in [1.54, 1.807) is 0 Å². The Morgan fingerprint density at radius 2 is 0.848 bits per heavy atom. The Morgan fingerprint density at radius 3 is 1.46 bits per heavy atom. The first kappa shape index (κ1) is 25.3. The summed E-state index contributed by atoms with van der Waals surface area (Å²) in [6.07, 6.45) is 0. The van der Waals surface area contributed by atoms with Crippen molar-refractivity contribution < 1.29 is 0 Å². The van der Waals surface area contributed by atoms with Gasteiger partial charge in [0.1, 0.15) is 0 Å². The first-order valence-electron chi connectivity index (χ1n) is 15.8. The van der Waals surface area contributed by atoms with Gasteiger partial charge < -0.3 is 14.5 Å². The van der Waals surface area contributed by atoms with Gasteiger partial charge in [0.25, 0.3) is 0 Å². The molecule has 0 spiro atoms. The highest BCUT2D eigenvalue weighted by molar-refractivity contribution is 6.12. The monoisotopic (exact) mass is 587 g/mol. The van der Waals surface area contributed by atoms with Crippen LogP contribution in [0.3, 0.4) is 0 Å². The van der Waals surface area contributed by atoms with Gasteiger partial charge in [0.05, 0.1) is 11.0 Å². The number of aryl methyl sites for hydroxylation is 1. The minimum absolute atomic E-state index is 1.15. The molecule has 0 saturated heterocycles. The Kier molecular flexibility index (Phi) is 5.20. The van der Waals surface area contributed by atoms with Crippen molar-refractivity contribution in [3.63, 3.8) is 0 Å². The fourth-order valence-electron chi connectivity index (χ4n) is 7.47. The summed E-state index contributed by atoms with van der Waals surface area (Å²) in [7, 11) is 0. The van der Waals surface area contributed by atoms with Gasteiger partial charge in [-0.2, -0.15) is 0 Å². The number of nitrogens with one attached hydrogen (secondary N) is 2. The van der Waals surface area contributed by atoms with Crippen molar-refractivity contribution in [1.82, 2.24) is 14.5 Å². The molecule has 3 aromatic heterocycles. The van der Waals surface area contributed by atoms with Crippen LogP contribution in [-0.4, -0.2) is 14.5 Å². The fourth-order valence-corrected chi connectivity index (χ4v) is 7.47. The maximum absolute atomic E-state index is 3.66. The highest BCUT2D eigenvalue weighted by Gasteiger charge is 2.14. The number of rotatable bonds is 3. The van der Waals surface area contributed by atoms with E-state index in [4.69, 9.17) is 0 Å². The smallest absolute Gasteiger partial charge is 0.0541 e. The number of hydrogen-bond donors (Lipinski definition) is 2. The highest BCUT2D eigenvalue weighted by Crippen LogP contribution is 2.37. The largest absolute Gasteiger partial charge is 0.355 e. The van der Waals surface area contributed by atoms with Crippen molar-refractivity contribution in [3.05, 3.63) is 151 Å². The topological polar surface area (TPSA) is 36.5 Å². The minimum Gasteiger partial charge on any atom is -0.355 e. The molecule has 3 heterocycles. The second-order valence-corrected chi connectivity index (χ2v) is 12.5. The van der Waals surface area contributed by atoms with Gasteiger partial charge in [-0.3, -0.25) is 0 Å². The van der Waals surface area contributed by atoms with E-state index >= 15 is 0 Å². The predicted octanol–water partition coefficient (Wildman–Crippen LogP) is 11.7. The second-order valence-electron chi connectivity index (χ2n) is 12.5. The zero-order valence-corrected chi connectivity index (χ0v) is 25.3. The number of H-pyrrole nitrogens is 2. The molecule has 0 bridgehead atoms. The van der Waals surface area contributed by atoms with Gasteiger partial charge in [-0.1, -0.05) is 78.4 Å². The van der Waals surface area contributed by atoms with Gasteiger partial charge >= 0.3 is 0 Å². The van der Waals surface area contributed by atoms with Crippen molar-refractivity contribution in [1.29, 1.82) is 0 Å². The molecule has 3 nitrogen and oxygen atoms in total. The quantitative estimate of drug-likeness (QED) is 0.206. The molecule has 46 heavy (non-hydrogen) atoms. The van der Waals surface area contributed by atoms with Crippen LogP contribution < -0.4 is 0 Å². The van der Waals surface area contributed by atoms with E-state index in [1.807, 2.05) is 0 Å². The molecule has 0 aliphatic carbocycles. The number of para-hydroxylation sites is 2. The average molecular weight is 588 g/mol. The number of aromatic nitrogens is 3. The summed E-state index contributed by atoms with van der Waals surface area (Å²) in [4.78, 5) is 7.24. The lowest BCUT2D eigenvalue weighted by atomic mass is 9.97. The summed E-state index contributed by atoms with van der Waals surface area (Å²) in [6.45, 7) is 2.15. The second kappa shape index (κ2) is 9.47. The normalized spacial score (nSPS) is 12.0. The number of fused-ring (bicyclic) bond motifs is 9. The lowest BCUT2D eigenvalue weighted by molar-refractivity contribution is 1.19. The van der Waals surface area contributed by atoms with E-state index in [0.29, 0.717) is 0 Å². The third kappa shape index (κ3) is 3.72. The first-order chi connectivity index (χ1) is 22.7. The van der Waals surface area contributed by atoms with Crippen molar-refractivity contribution in [2.45, 2.75) is 6.92 Å².